The van der Waals surface area contributed by atoms with Crippen molar-refractivity contribution >= 4 is 21.7 Å². The van der Waals surface area contributed by atoms with Crippen LogP contribution < -0.4 is 4.90 Å². The number of likely N-dealkylation sites (N-methyl/N-ethyl adjacent to an activating group) is 2. The average Bonchev–Trinajstić information content (AvgIpc) is 2.24. The Bertz CT molecular complexity index is 366. The van der Waals surface area contributed by atoms with E-state index in [-0.39, 0.29) is 0 Å². The summed E-state index contributed by atoms with van der Waals surface area (Å²) >= 11 is 3.44. The molecule has 0 unspecified atom stereocenters. The molecular weight excluding hydrogens is 280 g/mol. The van der Waals surface area contributed by atoms with Crippen molar-refractivity contribution in [2.75, 3.05) is 39.1 Å². The molecule has 0 bridgehead atoms. The van der Waals surface area contributed by atoms with Gasteiger partial charge in [0.1, 0.15) is 16.2 Å². The molecule has 0 spiro atoms. The van der Waals surface area contributed by atoms with Gasteiger partial charge in [0.15, 0.2) is 0 Å². The number of anilines is 1. The van der Waals surface area contributed by atoms with Crippen molar-refractivity contribution in [2.24, 2.45) is 0 Å². The highest BCUT2D eigenvalue weighted by molar-refractivity contribution is 9.10. The largest absolute Gasteiger partial charge is 0.358 e. The van der Waals surface area contributed by atoms with Crippen LogP contribution in [-0.2, 0) is 0 Å². The number of aromatic nitrogens is 2. The Morgan fingerprint density at radius 2 is 1.82 bits per heavy atom. The maximum absolute atomic E-state index is 4.58. The molecule has 1 rings (SSSR count). The van der Waals surface area contributed by atoms with Crippen LogP contribution in [0.25, 0.3) is 0 Å². The highest BCUT2D eigenvalue weighted by Crippen LogP contribution is 2.19. The van der Waals surface area contributed by atoms with Crippen LogP contribution in [-0.4, -0.2) is 49.1 Å². The summed E-state index contributed by atoms with van der Waals surface area (Å²) in [7, 11) is 6.20. The minimum atomic E-state index is 0.341. The van der Waals surface area contributed by atoms with Crippen LogP contribution in [0.4, 0.5) is 5.82 Å². The van der Waals surface area contributed by atoms with E-state index in [2.05, 4.69) is 70.7 Å². The number of hydrogen-bond donors (Lipinski definition) is 0. The van der Waals surface area contributed by atoms with Crippen molar-refractivity contribution in [1.82, 2.24) is 14.9 Å². The Labute approximate surface area is 112 Å². The van der Waals surface area contributed by atoms with Crippen molar-refractivity contribution in [3.05, 3.63) is 16.5 Å². The molecule has 4 nitrogen and oxygen atoms in total. The summed E-state index contributed by atoms with van der Waals surface area (Å²) < 4.78 is 0.850. The summed E-state index contributed by atoms with van der Waals surface area (Å²) in [6.45, 7) is 6.17. The second kappa shape index (κ2) is 6.31. The standard InChI is InChI=1S/C12H21BrN4/c1-9(2)12-14-10(13)8-11(15-12)17(5)7-6-16(3)4/h8-9H,6-7H2,1-5H3. The quantitative estimate of drug-likeness (QED) is 0.782. The summed E-state index contributed by atoms with van der Waals surface area (Å²) in [6.07, 6.45) is 0. The van der Waals surface area contributed by atoms with E-state index in [1.54, 1.807) is 0 Å². The van der Waals surface area contributed by atoms with Gasteiger partial charge < -0.3 is 9.80 Å². The highest BCUT2D eigenvalue weighted by atomic mass is 79.9. The molecule has 0 aliphatic carbocycles. The normalized spacial score (nSPS) is 11.3. The van der Waals surface area contributed by atoms with Crippen molar-refractivity contribution < 1.29 is 0 Å². The van der Waals surface area contributed by atoms with Gasteiger partial charge >= 0.3 is 0 Å². The monoisotopic (exact) mass is 300 g/mol. The molecule has 0 saturated heterocycles. The molecule has 0 N–H and O–H groups in total. The fraction of sp³-hybridized carbons (Fsp3) is 0.667. The fourth-order valence-corrected chi connectivity index (χ4v) is 1.73. The lowest BCUT2D eigenvalue weighted by Gasteiger charge is -2.21. The maximum atomic E-state index is 4.58. The summed E-state index contributed by atoms with van der Waals surface area (Å²) in [5, 5.41) is 0. The molecule has 0 radical (unpaired) electrons. The van der Waals surface area contributed by atoms with E-state index in [4.69, 9.17) is 0 Å². The zero-order valence-electron chi connectivity index (χ0n) is 11.2. The molecule has 5 heteroatoms. The van der Waals surface area contributed by atoms with Gasteiger partial charge in [0, 0.05) is 32.1 Å². The van der Waals surface area contributed by atoms with Gasteiger partial charge in [-0.2, -0.15) is 0 Å². The average molecular weight is 301 g/mol. The fourth-order valence-electron chi connectivity index (χ4n) is 1.34. The molecule has 96 valence electrons. The van der Waals surface area contributed by atoms with E-state index in [0.29, 0.717) is 5.92 Å². The Balaban J connectivity index is 2.82. The number of hydrogen-bond acceptors (Lipinski definition) is 4. The smallest absolute Gasteiger partial charge is 0.134 e. The second-order valence-corrected chi connectivity index (χ2v) is 5.60. The predicted molar refractivity (Wildman–Crippen MR) is 75.6 cm³/mol. The van der Waals surface area contributed by atoms with Crippen LogP contribution in [0.2, 0.25) is 0 Å². The van der Waals surface area contributed by atoms with E-state index in [9.17, 15) is 0 Å². The van der Waals surface area contributed by atoms with E-state index < -0.39 is 0 Å². The molecular formula is C12H21BrN4. The van der Waals surface area contributed by atoms with Crippen LogP contribution in [0.5, 0.6) is 0 Å². The van der Waals surface area contributed by atoms with Gasteiger partial charge in [0.05, 0.1) is 0 Å². The Morgan fingerprint density at radius 1 is 1.18 bits per heavy atom. The van der Waals surface area contributed by atoms with Crippen LogP contribution in [0.3, 0.4) is 0 Å². The Morgan fingerprint density at radius 3 is 2.35 bits per heavy atom. The van der Waals surface area contributed by atoms with Gasteiger partial charge in [-0.1, -0.05) is 13.8 Å². The summed E-state index contributed by atoms with van der Waals surface area (Å²) in [5.41, 5.74) is 0. The van der Waals surface area contributed by atoms with Gasteiger partial charge in [0.2, 0.25) is 0 Å². The van der Waals surface area contributed by atoms with Gasteiger partial charge in [-0.05, 0) is 30.0 Å². The van der Waals surface area contributed by atoms with Gasteiger partial charge in [0.25, 0.3) is 0 Å². The van der Waals surface area contributed by atoms with Crippen LogP contribution >= 0.6 is 15.9 Å². The van der Waals surface area contributed by atoms with Gasteiger partial charge in [-0.3, -0.25) is 0 Å². The highest BCUT2D eigenvalue weighted by Gasteiger charge is 2.09. The van der Waals surface area contributed by atoms with Gasteiger partial charge in [-0.25, -0.2) is 9.97 Å². The third-order valence-electron chi connectivity index (χ3n) is 2.49. The third kappa shape index (κ3) is 4.60. The molecule has 1 aromatic heterocycles. The summed E-state index contributed by atoms with van der Waals surface area (Å²) in [4.78, 5) is 13.3. The molecule has 17 heavy (non-hydrogen) atoms. The lowest BCUT2D eigenvalue weighted by molar-refractivity contribution is 0.416. The lowest BCUT2D eigenvalue weighted by atomic mass is 10.2. The first-order valence-electron chi connectivity index (χ1n) is 5.80. The molecule has 0 amide bonds. The first kappa shape index (κ1) is 14.4. The third-order valence-corrected chi connectivity index (χ3v) is 2.90. The summed E-state index contributed by atoms with van der Waals surface area (Å²) in [5.74, 6) is 2.19. The van der Waals surface area contributed by atoms with E-state index in [1.807, 2.05) is 6.07 Å². The molecule has 1 aromatic rings. The minimum absolute atomic E-state index is 0.341. The maximum Gasteiger partial charge on any atom is 0.134 e. The van der Waals surface area contributed by atoms with Crippen LogP contribution in [0.15, 0.2) is 10.7 Å². The SMILES string of the molecule is CC(C)c1nc(Br)cc(N(C)CCN(C)C)n1. The molecule has 0 aromatic carbocycles. The predicted octanol–water partition coefficient (Wildman–Crippen LogP) is 2.36. The van der Waals surface area contributed by atoms with Gasteiger partial charge in [-0.15, -0.1) is 0 Å². The topological polar surface area (TPSA) is 32.3 Å². The molecule has 0 saturated carbocycles. The van der Waals surface area contributed by atoms with Crippen molar-refractivity contribution in [3.8, 4) is 0 Å². The van der Waals surface area contributed by atoms with Crippen molar-refractivity contribution in [1.29, 1.82) is 0 Å². The number of nitrogens with zero attached hydrogens (tertiary/aromatic N) is 4. The lowest BCUT2D eigenvalue weighted by Crippen LogP contribution is -2.29. The Kier molecular flexibility index (Phi) is 5.33. The van der Waals surface area contributed by atoms with E-state index >= 15 is 0 Å². The number of halogens is 1. The summed E-state index contributed by atoms with van der Waals surface area (Å²) in [6, 6.07) is 1.96. The zero-order valence-corrected chi connectivity index (χ0v) is 12.8. The first-order valence-corrected chi connectivity index (χ1v) is 6.59. The molecule has 1 heterocycles. The zero-order chi connectivity index (χ0) is 13.0. The van der Waals surface area contributed by atoms with Crippen molar-refractivity contribution in [3.63, 3.8) is 0 Å². The van der Waals surface area contributed by atoms with Crippen LogP contribution in [0, 0.1) is 0 Å². The minimum Gasteiger partial charge on any atom is -0.358 e. The van der Waals surface area contributed by atoms with Crippen LogP contribution in [0.1, 0.15) is 25.6 Å². The Hall–Kier alpha value is -0.680. The van der Waals surface area contributed by atoms with E-state index in [0.717, 1.165) is 29.3 Å². The molecule has 0 aliphatic rings. The number of rotatable bonds is 5. The molecule has 0 aliphatic heterocycles. The molecule has 0 atom stereocenters. The van der Waals surface area contributed by atoms with Crippen molar-refractivity contribution in [2.45, 2.75) is 19.8 Å². The first-order chi connectivity index (χ1) is 7.90. The molecule has 0 fully saturated rings. The second-order valence-electron chi connectivity index (χ2n) is 4.79. The van der Waals surface area contributed by atoms with E-state index in [1.165, 1.54) is 0 Å².